The van der Waals surface area contributed by atoms with Crippen LogP contribution in [0.1, 0.15) is 32.9 Å². The van der Waals surface area contributed by atoms with Crippen molar-refractivity contribution in [1.29, 1.82) is 0 Å². The number of aromatic nitrogens is 2. The second-order valence-electron chi connectivity index (χ2n) is 6.20. The molecule has 0 aliphatic rings. The third-order valence-electron chi connectivity index (χ3n) is 4.07. The first-order chi connectivity index (χ1) is 11.4. The molecule has 0 radical (unpaired) electrons. The van der Waals surface area contributed by atoms with E-state index in [1.54, 1.807) is 10.7 Å². The van der Waals surface area contributed by atoms with Gasteiger partial charge < -0.3 is 5.73 Å². The number of carbonyl (C=O) groups excluding carboxylic acids is 1. The number of nitrogens with zero attached hydrogens (tertiary/aromatic N) is 2. The van der Waals surface area contributed by atoms with E-state index in [1.165, 1.54) is 5.56 Å². The lowest BCUT2D eigenvalue weighted by Crippen LogP contribution is -2.08. The van der Waals surface area contributed by atoms with Gasteiger partial charge in [-0.25, -0.2) is 4.68 Å². The molecule has 1 aromatic heterocycles. The van der Waals surface area contributed by atoms with E-state index < -0.39 is 0 Å². The lowest BCUT2D eigenvalue weighted by Gasteiger charge is -2.10. The van der Waals surface area contributed by atoms with Crippen LogP contribution in [0.25, 0.3) is 5.69 Å². The monoisotopic (exact) mass is 319 g/mol. The highest BCUT2D eigenvalue weighted by molar-refractivity contribution is 5.98. The minimum atomic E-state index is 0.0606. The molecule has 0 aliphatic heterocycles. The van der Waals surface area contributed by atoms with Crippen LogP contribution in [-0.4, -0.2) is 15.6 Å². The number of ketones is 1. The summed E-state index contributed by atoms with van der Waals surface area (Å²) in [6, 6.07) is 15.4. The minimum absolute atomic E-state index is 0.0606. The van der Waals surface area contributed by atoms with Crippen molar-refractivity contribution in [3.05, 3.63) is 76.6 Å². The molecule has 0 fully saturated rings. The largest absolute Gasteiger partial charge is 0.397 e. The molecule has 0 atom stereocenters. The van der Waals surface area contributed by atoms with Crippen molar-refractivity contribution >= 4 is 11.5 Å². The van der Waals surface area contributed by atoms with Gasteiger partial charge in [0.2, 0.25) is 0 Å². The molecule has 2 aromatic carbocycles. The van der Waals surface area contributed by atoms with Crippen LogP contribution in [0.15, 0.2) is 48.5 Å². The van der Waals surface area contributed by atoms with E-state index in [9.17, 15) is 4.79 Å². The van der Waals surface area contributed by atoms with Crippen molar-refractivity contribution in [3.63, 3.8) is 0 Å². The average molecular weight is 319 g/mol. The zero-order valence-electron chi connectivity index (χ0n) is 14.2. The summed E-state index contributed by atoms with van der Waals surface area (Å²) in [7, 11) is 0. The summed E-state index contributed by atoms with van der Waals surface area (Å²) < 4.78 is 1.80. The Hall–Kier alpha value is -2.88. The highest BCUT2D eigenvalue weighted by atomic mass is 16.1. The van der Waals surface area contributed by atoms with E-state index >= 15 is 0 Å². The molecule has 3 aromatic rings. The first-order valence-electron chi connectivity index (χ1n) is 7.96. The van der Waals surface area contributed by atoms with E-state index in [1.807, 2.05) is 63.2 Å². The number of Topliss-reactive ketones (excluding diaryl/α,β-unsaturated/α-hetero) is 1. The molecule has 24 heavy (non-hydrogen) atoms. The van der Waals surface area contributed by atoms with Crippen LogP contribution in [-0.2, 0) is 6.42 Å². The molecule has 4 heteroatoms. The predicted octanol–water partition coefficient (Wildman–Crippen LogP) is 3.81. The zero-order chi connectivity index (χ0) is 17.3. The van der Waals surface area contributed by atoms with Crippen molar-refractivity contribution in [2.24, 2.45) is 0 Å². The van der Waals surface area contributed by atoms with Crippen LogP contribution in [0, 0.1) is 20.8 Å². The second kappa shape index (κ2) is 6.32. The summed E-state index contributed by atoms with van der Waals surface area (Å²) in [5, 5.41) is 4.44. The molecule has 0 saturated carbocycles. The predicted molar refractivity (Wildman–Crippen MR) is 96.7 cm³/mol. The maximum atomic E-state index is 12.5. The Balaban J connectivity index is 1.85. The molecule has 0 saturated heterocycles. The summed E-state index contributed by atoms with van der Waals surface area (Å²) in [6.45, 7) is 5.96. The maximum Gasteiger partial charge on any atom is 0.167 e. The number of benzene rings is 2. The molecule has 2 N–H and O–H groups in total. The van der Waals surface area contributed by atoms with Crippen molar-refractivity contribution in [2.45, 2.75) is 27.2 Å². The number of aryl methyl sites for hydroxylation is 3. The molecule has 0 spiro atoms. The van der Waals surface area contributed by atoms with Crippen molar-refractivity contribution in [3.8, 4) is 5.69 Å². The van der Waals surface area contributed by atoms with Crippen molar-refractivity contribution in [2.75, 3.05) is 5.73 Å². The number of carbonyl (C=O) groups is 1. The Morgan fingerprint density at radius 1 is 1.04 bits per heavy atom. The fraction of sp³-hybridized carbons (Fsp3) is 0.200. The number of rotatable bonds is 4. The van der Waals surface area contributed by atoms with Crippen LogP contribution in [0.5, 0.6) is 0 Å². The zero-order valence-corrected chi connectivity index (χ0v) is 14.2. The van der Waals surface area contributed by atoms with Gasteiger partial charge in [-0.2, -0.15) is 5.10 Å². The Morgan fingerprint density at radius 2 is 1.75 bits per heavy atom. The SMILES string of the molecule is Cc1ccc(CC(=O)c2ccc(-n3nc(C)cc3C)c(N)c2)cc1. The normalized spacial score (nSPS) is 10.8. The molecule has 122 valence electrons. The summed E-state index contributed by atoms with van der Waals surface area (Å²) >= 11 is 0. The molecular formula is C20H21N3O. The highest BCUT2D eigenvalue weighted by Crippen LogP contribution is 2.21. The first-order valence-corrected chi connectivity index (χ1v) is 7.96. The van der Waals surface area contributed by atoms with E-state index in [4.69, 9.17) is 5.73 Å². The summed E-state index contributed by atoms with van der Waals surface area (Å²) in [6.07, 6.45) is 0.374. The molecule has 4 nitrogen and oxygen atoms in total. The number of anilines is 1. The van der Waals surface area contributed by atoms with Crippen molar-refractivity contribution in [1.82, 2.24) is 9.78 Å². The molecule has 0 aliphatic carbocycles. The Morgan fingerprint density at radius 3 is 2.33 bits per heavy atom. The van der Waals surface area contributed by atoms with Gasteiger partial charge in [-0.05, 0) is 50.6 Å². The Bertz CT molecular complexity index is 892. The van der Waals surface area contributed by atoms with Gasteiger partial charge in [-0.15, -0.1) is 0 Å². The number of nitrogen functional groups attached to an aromatic ring is 1. The van der Waals surface area contributed by atoms with Gasteiger partial charge in [0, 0.05) is 17.7 Å². The Kier molecular flexibility index (Phi) is 4.21. The van der Waals surface area contributed by atoms with E-state index in [2.05, 4.69) is 5.10 Å². The van der Waals surface area contributed by atoms with E-state index in [0.717, 1.165) is 22.6 Å². The molecule has 1 heterocycles. The molecule has 0 amide bonds. The van der Waals surface area contributed by atoms with Gasteiger partial charge >= 0.3 is 0 Å². The van der Waals surface area contributed by atoms with Crippen LogP contribution in [0.2, 0.25) is 0 Å². The maximum absolute atomic E-state index is 12.5. The standard InChI is InChI=1S/C20H21N3O/c1-13-4-6-16(7-5-13)11-20(24)17-8-9-19(18(21)12-17)23-15(3)10-14(2)22-23/h4-10,12H,11,21H2,1-3H3. The summed E-state index contributed by atoms with van der Waals surface area (Å²) in [5.74, 6) is 0.0606. The number of hydrogen-bond acceptors (Lipinski definition) is 3. The fourth-order valence-electron chi connectivity index (χ4n) is 2.79. The third-order valence-corrected chi connectivity index (χ3v) is 4.07. The van der Waals surface area contributed by atoms with Gasteiger partial charge in [0.05, 0.1) is 17.1 Å². The molecule has 0 bridgehead atoms. The van der Waals surface area contributed by atoms with Gasteiger partial charge in [0.25, 0.3) is 0 Å². The van der Waals surface area contributed by atoms with Gasteiger partial charge in [-0.3, -0.25) is 4.79 Å². The summed E-state index contributed by atoms with van der Waals surface area (Å²) in [5.41, 5.74) is 12.3. The highest BCUT2D eigenvalue weighted by Gasteiger charge is 2.12. The lowest BCUT2D eigenvalue weighted by molar-refractivity contribution is 0.0993. The lowest BCUT2D eigenvalue weighted by atomic mass is 10.0. The van der Waals surface area contributed by atoms with Gasteiger partial charge in [-0.1, -0.05) is 29.8 Å². The first kappa shape index (κ1) is 16.0. The van der Waals surface area contributed by atoms with Crippen LogP contribution in [0.4, 0.5) is 5.69 Å². The summed E-state index contributed by atoms with van der Waals surface area (Å²) in [4.78, 5) is 12.5. The van der Waals surface area contributed by atoms with Gasteiger partial charge in [0.1, 0.15) is 0 Å². The quantitative estimate of drug-likeness (QED) is 0.587. The van der Waals surface area contributed by atoms with Gasteiger partial charge in [0.15, 0.2) is 5.78 Å². The van der Waals surface area contributed by atoms with Crippen LogP contribution < -0.4 is 5.73 Å². The van der Waals surface area contributed by atoms with Crippen LogP contribution >= 0.6 is 0 Å². The van der Waals surface area contributed by atoms with E-state index in [0.29, 0.717) is 17.7 Å². The smallest absolute Gasteiger partial charge is 0.167 e. The fourth-order valence-corrected chi connectivity index (χ4v) is 2.79. The minimum Gasteiger partial charge on any atom is -0.397 e. The average Bonchev–Trinajstić information content (AvgIpc) is 2.88. The molecular weight excluding hydrogens is 298 g/mol. The topological polar surface area (TPSA) is 60.9 Å². The Labute approximate surface area is 141 Å². The van der Waals surface area contributed by atoms with E-state index in [-0.39, 0.29) is 5.78 Å². The molecule has 0 unspecified atom stereocenters. The number of nitrogens with two attached hydrogens (primary N) is 1. The van der Waals surface area contributed by atoms with Crippen molar-refractivity contribution < 1.29 is 4.79 Å². The molecule has 3 rings (SSSR count). The third kappa shape index (κ3) is 3.23. The van der Waals surface area contributed by atoms with Crippen LogP contribution in [0.3, 0.4) is 0 Å². The number of hydrogen-bond donors (Lipinski definition) is 1. The second-order valence-corrected chi connectivity index (χ2v) is 6.20.